The predicted molar refractivity (Wildman–Crippen MR) is 113 cm³/mol. The van der Waals surface area contributed by atoms with Crippen LogP contribution in [-0.4, -0.2) is 25.1 Å². The molecule has 0 fully saturated rings. The molecule has 6 nitrogen and oxygen atoms in total. The number of aryl methyl sites for hydroxylation is 1. The quantitative estimate of drug-likeness (QED) is 0.668. The number of nitrogens with zero attached hydrogens (tertiary/aromatic N) is 1. The summed E-state index contributed by atoms with van der Waals surface area (Å²) in [5.74, 6) is 7.38. The third-order valence-corrected chi connectivity index (χ3v) is 4.28. The summed E-state index contributed by atoms with van der Waals surface area (Å²) in [7, 11) is 3.11. The average molecular weight is 387 g/mol. The molecule has 0 bridgehead atoms. The number of benzene rings is 2. The Morgan fingerprint density at radius 2 is 1.69 bits per heavy atom. The van der Waals surface area contributed by atoms with Crippen LogP contribution in [0, 0.1) is 18.8 Å². The van der Waals surface area contributed by atoms with Gasteiger partial charge in [-0.1, -0.05) is 17.9 Å². The maximum Gasteiger partial charge on any atom is 0.255 e. The molecule has 0 spiro atoms. The topological polar surface area (TPSA) is 86.5 Å². The maximum atomic E-state index is 12.7. The summed E-state index contributed by atoms with van der Waals surface area (Å²) in [5.41, 5.74) is 9.24. The van der Waals surface area contributed by atoms with Gasteiger partial charge in [-0.3, -0.25) is 4.79 Å². The van der Waals surface area contributed by atoms with E-state index in [-0.39, 0.29) is 5.91 Å². The van der Waals surface area contributed by atoms with Gasteiger partial charge in [-0.25, -0.2) is 4.98 Å². The first-order valence-corrected chi connectivity index (χ1v) is 8.87. The SMILES string of the molecule is COc1cc(NC(=O)c2ccc(C)c(C#Cc3cccnc3N)c2)cc(OC)c1. The van der Waals surface area contributed by atoms with Gasteiger partial charge in [-0.05, 0) is 36.8 Å². The molecule has 2 aromatic carbocycles. The van der Waals surface area contributed by atoms with Gasteiger partial charge in [0.05, 0.1) is 19.8 Å². The van der Waals surface area contributed by atoms with E-state index in [0.717, 1.165) is 11.1 Å². The number of pyridine rings is 1. The normalized spacial score (nSPS) is 9.90. The number of aromatic nitrogens is 1. The van der Waals surface area contributed by atoms with E-state index < -0.39 is 0 Å². The van der Waals surface area contributed by atoms with Crippen LogP contribution >= 0.6 is 0 Å². The number of rotatable bonds is 4. The summed E-state index contributed by atoms with van der Waals surface area (Å²) < 4.78 is 10.5. The molecular formula is C23H21N3O3. The van der Waals surface area contributed by atoms with Crippen LogP contribution in [0.4, 0.5) is 11.5 Å². The number of methoxy groups -OCH3 is 2. The van der Waals surface area contributed by atoms with Crippen LogP contribution in [0.25, 0.3) is 0 Å². The molecule has 0 atom stereocenters. The maximum absolute atomic E-state index is 12.7. The lowest BCUT2D eigenvalue weighted by molar-refractivity contribution is 0.102. The van der Waals surface area contributed by atoms with E-state index in [2.05, 4.69) is 22.1 Å². The van der Waals surface area contributed by atoms with Crippen molar-refractivity contribution in [2.75, 3.05) is 25.3 Å². The van der Waals surface area contributed by atoms with Crippen LogP contribution in [0.2, 0.25) is 0 Å². The van der Waals surface area contributed by atoms with Gasteiger partial charge in [-0.2, -0.15) is 0 Å². The van der Waals surface area contributed by atoms with Gasteiger partial charge >= 0.3 is 0 Å². The van der Waals surface area contributed by atoms with E-state index in [0.29, 0.717) is 34.1 Å². The van der Waals surface area contributed by atoms with Crippen molar-refractivity contribution in [3.8, 4) is 23.3 Å². The Balaban J connectivity index is 1.86. The monoisotopic (exact) mass is 387 g/mol. The lowest BCUT2D eigenvalue weighted by atomic mass is 10.0. The van der Waals surface area contributed by atoms with Crippen LogP contribution in [0.15, 0.2) is 54.7 Å². The zero-order valence-corrected chi connectivity index (χ0v) is 16.4. The summed E-state index contributed by atoms with van der Waals surface area (Å²) >= 11 is 0. The summed E-state index contributed by atoms with van der Waals surface area (Å²) in [5, 5.41) is 2.86. The standard InChI is InChI=1S/C23H21N3O3/c1-15-6-7-18(11-17(15)9-8-16-5-4-10-25-22(16)24)23(27)26-19-12-20(28-2)14-21(13-19)29-3/h4-7,10-14H,1-3H3,(H2,24,25)(H,26,27). The third kappa shape index (κ3) is 4.85. The van der Waals surface area contributed by atoms with Gasteiger partial charge in [-0.15, -0.1) is 0 Å². The Labute approximate surface area is 169 Å². The number of anilines is 2. The van der Waals surface area contributed by atoms with Crippen LogP contribution < -0.4 is 20.5 Å². The molecule has 29 heavy (non-hydrogen) atoms. The van der Waals surface area contributed by atoms with E-state index in [9.17, 15) is 4.79 Å². The first-order chi connectivity index (χ1) is 14.0. The van der Waals surface area contributed by atoms with Crippen molar-refractivity contribution in [1.82, 2.24) is 4.98 Å². The fourth-order valence-electron chi connectivity index (χ4n) is 2.64. The minimum atomic E-state index is -0.260. The molecule has 0 saturated heterocycles. The number of carbonyl (C=O) groups is 1. The zero-order valence-electron chi connectivity index (χ0n) is 16.4. The number of nitrogens with one attached hydrogen (secondary N) is 1. The molecule has 3 aromatic rings. The summed E-state index contributed by atoms with van der Waals surface area (Å²) in [6.07, 6.45) is 1.62. The molecule has 1 amide bonds. The molecule has 0 radical (unpaired) electrons. The fraction of sp³-hybridized carbons (Fsp3) is 0.130. The molecule has 3 rings (SSSR count). The predicted octanol–water partition coefficient (Wildman–Crippen LogP) is 3.64. The van der Waals surface area contributed by atoms with Crippen molar-refractivity contribution in [1.29, 1.82) is 0 Å². The average Bonchev–Trinajstić information content (AvgIpc) is 2.73. The molecule has 0 aliphatic heterocycles. The number of nitrogen functional groups attached to an aromatic ring is 1. The van der Waals surface area contributed by atoms with Crippen molar-refractivity contribution in [3.63, 3.8) is 0 Å². The third-order valence-electron chi connectivity index (χ3n) is 4.28. The van der Waals surface area contributed by atoms with Gasteiger partial charge in [0.1, 0.15) is 17.3 Å². The minimum absolute atomic E-state index is 0.260. The van der Waals surface area contributed by atoms with Gasteiger partial charge in [0.25, 0.3) is 5.91 Å². The highest BCUT2D eigenvalue weighted by Crippen LogP contribution is 2.26. The molecule has 146 valence electrons. The van der Waals surface area contributed by atoms with Crippen LogP contribution in [-0.2, 0) is 0 Å². The number of nitrogens with two attached hydrogens (primary N) is 1. The Morgan fingerprint density at radius 3 is 2.34 bits per heavy atom. The molecule has 0 aliphatic carbocycles. The highest BCUT2D eigenvalue weighted by Gasteiger charge is 2.10. The highest BCUT2D eigenvalue weighted by atomic mass is 16.5. The lowest BCUT2D eigenvalue weighted by Crippen LogP contribution is -2.12. The number of carbonyl (C=O) groups excluding carboxylic acids is 1. The number of ether oxygens (including phenoxy) is 2. The highest BCUT2D eigenvalue weighted by molar-refractivity contribution is 6.04. The molecule has 0 saturated carbocycles. The Hall–Kier alpha value is -3.98. The van der Waals surface area contributed by atoms with E-state index in [1.807, 2.05) is 13.0 Å². The Kier molecular flexibility index (Phi) is 6.00. The first-order valence-electron chi connectivity index (χ1n) is 8.87. The molecule has 1 heterocycles. The van der Waals surface area contributed by atoms with Crippen molar-refractivity contribution >= 4 is 17.4 Å². The second kappa shape index (κ2) is 8.81. The van der Waals surface area contributed by atoms with Gasteiger partial charge in [0, 0.05) is 41.2 Å². The van der Waals surface area contributed by atoms with E-state index >= 15 is 0 Å². The minimum Gasteiger partial charge on any atom is -0.497 e. The zero-order chi connectivity index (χ0) is 20.8. The van der Waals surface area contributed by atoms with E-state index in [4.69, 9.17) is 15.2 Å². The molecule has 6 heteroatoms. The van der Waals surface area contributed by atoms with Crippen molar-refractivity contribution in [2.24, 2.45) is 0 Å². The fourth-order valence-corrected chi connectivity index (χ4v) is 2.64. The van der Waals surface area contributed by atoms with Crippen molar-refractivity contribution in [3.05, 3.63) is 77.0 Å². The summed E-state index contributed by atoms with van der Waals surface area (Å²) in [4.78, 5) is 16.8. The first kappa shape index (κ1) is 19.8. The molecule has 0 aliphatic rings. The molecular weight excluding hydrogens is 366 g/mol. The van der Waals surface area contributed by atoms with Crippen molar-refractivity contribution in [2.45, 2.75) is 6.92 Å². The van der Waals surface area contributed by atoms with E-state index in [1.165, 1.54) is 0 Å². The second-order valence-electron chi connectivity index (χ2n) is 6.27. The molecule has 0 unspecified atom stereocenters. The smallest absolute Gasteiger partial charge is 0.255 e. The number of hydrogen-bond acceptors (Lipinski definition) is 5. The van der Waals surface area contributed by atoms with Gasteiger partial charge in [0.15, 0.2) is 0 Å². The van der Waals surface area contributed by atoms with Crippen LogP contribution in [0.1, 0.15) is 27.0 Å². The second-order valence-corrected chi connectivity index (χ2v) is 6.27. The van der Waals surface area contributed by atoms with E-state index in [1.54, 1.807) is 62.9 Å². The molecule has 3 N–H and O–H groups in total. The van der Waals surface area contributed by atoms with Crippen LogP contribution in [0.3, 0.4) is 0 Å². The largest absolute Gasteiger partial charge is 0.497 e. The number of hydrogen-bond donors (Lipinski definition) is 2. The Bertz CT molecular complexity index is 1090. The summed E-state index contributed by atoms with van der Waals surface area (Å²) in [6.45, 7) is 1.94. The van der Waals surface area contributed by atoms with Crippen LogP contribution in [0.5, 0.6) is 11.5 Å². The summed E-state index contributed by atoms with van der Waals surface area (Å²) in [6, 6.07) is 14.1. The Morgan fingerprint density at radius 1 is 1.00 bits per heavy atom. The molecule has 1 aromatic heterocycles. The van der Waals surface area contributed by atoms with Gasteiger partial charge in [0.2, 0.25) is 0 Å². The van der Waals surface area contributed by atoms with Crippen molar-refractivity contribution < 1.29 is 14.3 Å². The lowest BCUT2D eigenvalue weighted by Gasteiger charge is -2.10. The van der Waals surface area contributed by atoms with Gasteiger partial charge < -0.3 is 20.5 Å². The number of amides is 1.